The molecule has 1 aromatic carbocycles. The van der Waals surface area contributed by atoms with E-state index in [2.05, 4.69) is 17.6 Å². The van der Waals surface area contributed by atoms with Gasteiger partial charge in [0.2, 0.25) is 5.91 Å². The van der Waals surface area contributed by atoms with E-state index in [0.717, 1.165) is 30.4 Å². The number of fused-ring (bicyclic) bond motifs is 1. The van der Waals surface area contributed by atoms with Gasteiger partial charge in [-0.3, -0.25) is 14.9 Å². The first-order valence-electron chi connectivity index (χ1n) is 8.73. The predicted octanol–water partition coefficient (Wildman–Crippen LogP) is 3.50. The summed E-state index contributed by atoms with van der Waals surface area (Å²) in [4.78, 5) is 25.2. The molecule has 3 rings (SSSR count). The fourth-order valence-corrected chi connectivity index (χ4v) is 4.81. The maximum atomic E-state index is 12.1. The molecule has 0 saturated heterocycles. The van der Waals surface area contributed by atoms with E-state index in [1.54, 1.807) is 6.08 Å². The number of hydrogen-bond acceptors (Lipinski definition) is 4. The van der Waals surface area contributed by atoms with Crippen molar-refractivity contribution < 1.29 is 9.59 Å². The Labute approximate surface area is 167 Å². The van der Waals surface area contributed by atoms with Crippen LogP contribution in [0.3, 0.4) is 0 Å². The first-order valence-corrected chi connectivity index (χ1v) is 9.96. The SMILES string of the molecule is C[C@H]1CCc2c(sc(NC(=S)NC(=O)/C=C/c3ccccc3)c2C(N)=O)C1. The van der Waals surface area contributed by atoms with Crippen LogP contribution in [0, 0.1) is 5.92 Å². The minimum absolute atomic E-state index is 0.145. The smallest absolute Gasteiger partial charge is 0.251 e. The summed E-state index contributed by atoms with van der Waals surface area (Å²) in [6.07, 6.45) is 5.93. The summed E-state index contributed by atoms with van der Waals surface area (Å²) < 4.78 is 0. The van der Waals surface area contributed by atoms with Crippen molar-refractivity contribution >= 4 is 51.6 Å². The number of hydrogen-bond donors (Lipinski definition) is 3. The van der Waals surface area contributed by atoms with Crippen LogP contribution in [0.1, 0.15) is 39.7 Å². The fourth-order valence-electron chi connectivity index (χ4n) is 3.12. The maximum absolute atomic E-state index is 12.1. The number of nitrogens with two attached hydrogens (primary N) is 1. The number of anilines is 1. The zero-order valence-electron chi connectivity index (χ0n) is 15.0. The van der Waals surface area contributed by atoms with Crippen LogP contribution in [0.5, 0.6) is 0 Å². The molecule has 1 aromatic heterocycles. The monoisotopic (exact) mass is 399 g/mol. The fraction of sp³-hybridized carbons (Fsp3) is 0.250. The van der Waals surface area contributed by atoms with Crippen LogP contribution in [0.25, 0.3) is 6.08 Å². The lowest BCUT2D eigenvalue weighted by Crippen LogP contribution is -2.33. The molecular formula is C20H21N3O2S2. The number of thiocarbonyl (C=S) groups is 1. The summed E-state index contributed by atoms with van der Waals surface area (Å²) in [6, 6.07) is 9.50. The molecule has 1 heterocycles. The predicted molar refractivity (Wildman–Crippen MR) is 114 cm³/mol. The highest BCUT2D eigenvalue weighted by Gasteiger charge is 2.26. The van der Waals surface area contributed by atoms with Crippen LogP contribution in [0.15, 0.2) is 36.4 Å². The molecule has 0 bridgehead atoms. The first-order chi connectivity index (χ1) is 12.9. The molecule has 0 radical (unpaired) electrons. The van der Waals surface area contributed by atoms with Gasteiger partial charge in [0.1, 0.15) is 5.00 Å². The van der Waals surface area contributed by atoms with Crippen LogP contribution in [-0.4, -0.2) is 16.9 Å². The van der Waals surface area contributed by atoms with E-state index < -0.39 is 5.91 Å². The lowest BCUT2D eigenvalue weighted by atomic mass is 9.88. The molecule has 2 aromatic rings. The zero-order chi connectivity index (χ0) is 19.4. The number of carbonyl (C=O) groups excluding carboxylic acids is 2. The van der Waals surface area contributed by atoms with Gasteiger partial charge in [-0.15, -0.1) is 11.3 Å². The van der Waals surface area contributed by atoms with Crippen molar-refractivity contribution in [3.63, 3.8) is 0 Å². The van der Waals surface area contributed by atoms with Crippen molar-refractivity contribution in [3.8, 4) is 0 Å². The van der Waals surface area contributed by atoms with Gasteiger partial charge in [-0.05, 0) is 54.6 Å². The molecule has 4 N–H and O–H groups in total. The zero-order valence-corrected chi connectivity index (χ0v) is 16.6. The van der Waals surface area contributed by atoms with Gasteiger partial charge in [0.05, 0.1) is 5.56 Å². The van der Waals surface area contributed by atoms with Crippen molar-refractivity contribution in [1.29, 1.82) is 0 Å². The number of amides is 2. The molecule has 0 unspecified atom stereocenters. The van der Waals surface area contributed by atoms with Gasteiger partial charge in [0.25, 0.3) is 5.91 Å². The van der Waals surface area contributed by atoms with Crippen molar-refractivity contribution in [2.24, 2.45) is 11.7 Å². The van der Waals surface area contributed by atoms with E-state index in [1.165, 1.54) is 22.3 Å². The topological polar surface area (TPSA) is 84.2 Å². The second-order valence-corrected chi connectivity index (χ2v) is 8.12. The Morgan fingerprint density at radius 3 is 2.74 bits per heavy atom. The molecule has 0 fully saturated rings. The third kappa shape index (κ3) is 4.81. The van der Waals surface area contributed by atoms with Gasteiger partial charge >= 0.3 is 0 Å². The van der Waals surface area contributed by atoms with E-state index in [4.69, 9.17) is 18.0 Å². The third-order valence-corrected chi connectivity index (χ3v) is 5.82. The molecule has 5 nitrogen and oxygen atoms in total. The highest BCUT2D eigenvalue weighted by atomic mass is 32.1. The first kappa shape index (κ1) is 19.3. The number of primary amides is 1. The summed E-state index contributed by atoms with van der Waals surface area (Å²) in [6.45, 7) is 2.20. The second-order valence-electron chi connectivity index (χ2n) is 6.61. The number of carbonyl (C=O) groups is 2. The van der Waals surface area contributed by atoms with E-state index >= 15 is 0 Å². The Kier molecular flexibility index (Phi) is 6.03. The molecule has 1 atom stereocenters. The highest BCUT2D eigenvalue weighted by Crippen LogP contribution is 2.39. The summed E-state index contributed by atoms with van der Waals surface area (Å²) in [5, 5.41) is 6.33. The van der Waals surface area contributed by atoms with E-state index in [-0.39, 0.29) is 11.0 Å². The summed E-state index contributed by atoms with van der Waals surface area (Å²) in [5.41, 5.74) is 8.03. The van der Waals surface area contributed by atoms with Gasteiger partial charge in [-0.2, -0.15) is 0 Å². The van der Waals surface area contributed by atoms with Crippen LogP contribution in [0.4, 0.5) is 5.00 Å². The Morgan fingerprint density at radius 2 is 2.04 bits per heavy atom. The lowest BCUT2D eigenvalue weighted by molar-refractivity contribution is -0.115. The molecule has 0 spiro atoms. The minimum atomic E-state index is -0.470. The van der Waals surface area contributed by atoms with Crippen LogP contribution in [0.2, 0.25) is 0 Å². The Balaban J connectivity index is 1.68. The van der Waals surface area contributed by atoms with Crippen LogP contribution < -0.4 is 16.4 Å². The molecule has 2 amide bonds. The summed E-state index contributed by atoms with van der Waals surface area (Å²) in [5.74, 6) is -0.228. The molecule has 1 aliphatic carbocycles. The Bertz CT molecular complexity index is 903. The second kappa shape index (κ2) is 8.45. The third-order valence-electron chi connectivity index (χ3n) is 4.45. The van der Waals surface area contributed by atoms with Gasteiger partial charge in [-0.25, -0.2) is 0 Å². The number of rotatable bonds is 4. The Hall–Kier alpha value is -2.51. The van der Waals surface area contributed by atoms with E-state index in [0.29, 0.717) is 16.5 Å². The van der Waals surface area contributed by atoms with Gasteiger partial charge < -0.3 is 11.1 Å². The van der Waals surface area contributed by atoms with Crippen molar-refractivity contribution in [2.75, 3.05) is 5.32 Å². The quantitative estimate of drug-likeness (QED) is 0.543. The standard InChI is InChI=1S/C20H21N3O2S2/c1-12-7-9-14-15(11-12)27-19(17(14)18(21)25)23-20(26)22-16(24)10-8-13-5-3-2-4-6-13/h2-6,8,10,12H,7,9,11H2,1H3,(H2,21,25)(H2,22,23,24,26)/b10-8+/t12-/m0/s1. The van der Waals surface area contributed by atoms with Crippen LogP contribution in [-0.2, 0) is 17.6 Å². The summed E-state index contributed by atoms with van der Waals surface area (Å²) >= 11 is 6.72. The molecule has 0 saturated carbocycles. The van der Waals surface area contributed by atoms with Gasteiger partial charge in [0, 0.05) is 11.0 Å². The normalized spacial score (nSPS) is 16.0. The molecule has 1 aliphatic rings. The lowest BCUT2D eigenvalue weighted by Gasteiger charge is -2.18. The minimum Gasteiger partial charge on any atom is -0.365 e. The molecule has 27 heavy (non-hydrogen) atoms. The Morgan fingerprint density at radius 1 is 1.30 bits per heavy atom. The number of thiophene rings is 1. The van der Waals surface area contributed by atoms with Crippen molar-refractivity contribution in [3.05, 3.63) is 58.0 Å². The van der Waals surface area contributed by atoms with Gasteiger partial charge in [0.15, 0.2) is 5.11 Å². The highest BCUT2D eigenvalue weighted by molar-refractivity contribution is 7.80. The van der Waals surface area contributed by atoms with Crippen LogP contribution >= 0.6 is 23.6 Å². The molecule has 7 heteroatoms. The maximum Gasteiger partial charge on any atom is 0.251 e. The number of benzene rings is 1. The molecular weight excluding hydrogens is 378 g/mol. The van der Waals surface area contributed by atoms with E-state index in [1.807, 2.05) is 30.3 Å². The molecule has 140 valence electrons. The number of nitrogens with one attached hydrogen (secondary N) is 2. The van der Waals surface area contributed by atoms with Crippen molar-refractivity contribution in [1.82, 2.24) is 5.32 Å². The van der Waals surface area contributed by atoms with Gasteiger partial charge in [-0.1, -0.05) is 37.3 Å². The molecule has 0 aliphatic heterocycles. The average molecular weight is 400 g/mol. The average Bonchev–Trinajstić information content (AvgIpc) is 2.97. The van der Waals surface area contributed by atoms with E-state index in [9.17, 15) is 9.59 Å². The summed E-state index contributed by atoms with van der Waals surface area (Å²) in [7, 11) is 0. The largest absolute Gasteiger partial charge is 0.365 e. The van der Waals surface area contributed by atoms with Crippen molar-refractivity contribution in [2.45, 2.75) is 26.2 Å².